The van der Waals surface area contributed by atoms with E-state index in [1.807, 2.05) is 9.24 Å². The van der Waals surface area contributed by atoms with Gasteiger partial charge in [0.15, 0.2) is 0 Å². The van der Waals surface area contributed by atoms with Gasteiger partial charge in [-0.25, -0.2) is 4.79 Å². The summed E-state index contributed by atoms with van der Waals surface area (Å²) in [6.07, 6.45) is 0. The lowest BCUT2D eigenvalue weighted by molar-refractivity contribution is -0.138. The Labute approximate surface area is 62.3 Å². The first kappa shape index (κ1) is 9.44. The topological polar surface area (TPSA) is 46.5 Å². The van der Waals surface area contributed by atoms with E-state index in [2.05, 4.69) is 4.74 Å². The highest BCUT2D eigenvalue weighted by molar-refractivity contribution is 7.22. The lowest BCUT2D eigenvalue weighted by Gasteiger charge is -2.00. The van der Waals surface area contributed by atoms with E-state index in [9.17, 15) is 4.79 Å². The van der Waals surface area contributed by atoms with E-state index in [1.54, 1.807) is 6.92 Å². The number of rotatable bonds is 2. The zero-order valence-corrected chi connectivity index (χ0v) is 7.20. The molecule has 0 fully saturated rings. The van der Waals surface area contributed by atoms with Crippen LogP contribution in [0.2, 0.25) is 0 Å². The Balaban J connectivity index is 4.09. The van der Waals surface area contributed by atoms with Crippen LogP contribution in [0.1, 0.15) is 13.8 Å². The third kappa shape index (κ3) is 2.83. The van der Waals surface area contributed by atoms with Crippen LogP contribution in [0.4, 0.5) is 0 Å². The fraction of sp³-hybridized carbons (Fsp3) is 0.500. The number of aliphatic hydroxyl groups is 1. The van der Waals surface area contributed by atoms with Crippen molar-refractivity contribution < 1.29 is 14.6 Å². The van der Waals surface area contributed by atoms with Crippen molar-refractivity contribution in [2.24, 2.45) is 0 Å². The smallest absolute Gasteiger partial charge is 0.337 e. The molecule has 0 heterocycles. The molecule has 0 bridgehead atoms. The second-order valence-corrected chi connectivity index (χ2v) is 2.28. The van der Waals surface area contributed by atoms with Crippen molar-refractivity contribution in [2.75, 3.05) is 6.61 Å². The van der Waals surface area contributed by atoms with Crippen LogP contribution in [0, 0.1) is 0 Å². The number of esters is 1. The second kappa shape index (κ2) is 4.29. The molecule has 10 heavy (non-hydrogen) atoms. The van der Waals surface area contributed by atoms with Gasteiger partial charge in [-0.15, -0.1) is 0 Å². The highest BCUT2D eigenvalue weighted by Gasteiger charge is 2.06. The van der Waals surface area contributed by atoms with Crippen molar-refractivity contribution in [3.8, 4) is 0 Å². The Bertz CT molecular complexity index is 158. The minimum atomic E-state index is -0.477. The third-order valence-corrected chi connectivity index (χ3v) is 1.40. The van der Waals surface area contributed by atoms with Crippen molar-refractivity contribution in [1.29, 1.82) is 0 Å². The van der Waals surface area contributed by atoms with E-state index in [0.717, 1.165) is 0 Å². The molecule has 58 valence electrons. The molecule has 4 heteroatoms. The van der Waals surface area contributed by atoms with Gasteiger partial charge in [-0.2, -0.15) is 0 Å². The highest BCUT2D eigenvalue weighted by Crippen LogP contribution is 2.08. The molecule has 1 atom stereocenters. The van der Waals surface area contributed by atoms with Crippen LogP contribution in [-0.4, -0.2) is 17.7 Å². The zero-order valence-electron chi connectivity index (χ0n) is 6.05. The Morgan fingerprint density at radius 1 is 1.70 bits per heavy atom. The quantitative estimate of drug-likeness (QED) is 0.287. The van der Waals surface area contributed by atoms with E-state index in [1.165, 1.54) is 6.92 Å². The first-order valence-corrected chi connectivity index (χ1v) is 3.49. The number of aliphatic hydroxyl groups excluding tert-OH is 1. The van der Waals surface area contributed by atoms with Gasteiger partial charge in [-0.05, 0) is 13.8 Å². The van der Waals surface area contributed by atoms with Gasteiger partial charge in [0.1, 0.15) is 5.50 Å². The molecule has 0 aromatic rings. The predicted molar refractivity (Wildman–Crippen MR) is 41.7 cm³/mol. The van der Waals surface area contributed by atoms with Gasteiger partial charge in [0, 0.05) is 0 Å². The zero-order chi connectivity index (χ0) is 8.15. The lowest BCUT2D eigenvalue weighted by Crippen LogP contribution is -2.05. The summed E-state index contributed by atoms with van der Waals surface area (Å²) in [5, 5.41) is 8.76. The van der Waals surface area contributed by atoms with Gasteiger partial charge in [0.25, 0.3) is 0 Å². The van der Waals surface area contributed by atoms with E-state index >= 15 is 0 Å². The molecule has 0 rings (SSSR count). The molecule has 0 amide bonds. The van der Waals surface area contributed by atoms with Crippen molar-refractivity contribution in [1.82, 2.24) is 0 Å². The average Bonchev–Trinajstić information content (AvgIpc) is 1.87. The molecule has 0 aliphatic rings. The van der Waals surface area contributed by atoms with Gasteiger partial charge >= 0.3 is 5.97 Å². The van der Waals surface area contributed by atoms with Crippen LogP contribution in [0.15, 0.2) is 11.1 Å². The SMILES string of the molecule is CCOC(=O)C(C)=C(O)P. The summed E-state index contributed by atoms with van der Waals surface area (Å²) in [4.78, 5) is 10.7. The lowest BCUT2D eigenvalue weighted by atomic mass is 10.3. The van der Waals surface area contributed by atoms with Crippen LogP contribution in [0.5, 0.6) is 0 Å². The summed E-state index contributed by atoms with van der Waals surface area (Å²) >= 11 is 0. The molecular formula is C6H11O3P. The van der Waals surface area contributed by atoms with E-state index in [-0.39, 0.29) is 11.1 Å². The molecular weight excluding hydrogens is 151 g/mol. The number of ether oxygens (including phenoxy) is 1. The maximum absolute atomic E-state index is 10.7. The molecule has 0 radical (unpaired) electrons. The normalized spacial score (nSPS) is 12.3. The molecule has 1 N–H and O–H groups in total. The molecule has 1 unspecified atom stereocenters. The Morgan fingerprint density at radius 3 is 2.50 bits per heavy atom. The average molecular weight is 162 g/mol. The fourth-order valence-corrected chi connectivity index (χ4v) is 0.462. The molecule has 0 saturated carbocycles. The summed E-state index contributed by atoms with van der Waals surface area (Å²) in [6, 6.07) is 0. The number of carbonyl (C=O) groups is 1. The molecule has 0 aromatic heterocycles. The van der Waals surface area contributed by atoms with Crippen molar-refractivity contribution in [2.45, 2.75) is 13.8 Å². The number of carbonyl (C=O) groups excluding carboxylic acids is 1. The van der Waals surface area contributed by atoms with E-state index in [0.29, 0.717) is 6.61 Å². The van der Waals surface area contributed by atoms with Crippen molar-refractivity contribution in [3.63, 3.8) is 0 Å². The molecule has 0 aliphatic heterocycles. The largest absolute Gasteiger partial charge is 0.508 e. The van der Waals surface area contributed by atoms with Crippen LogP contribution in [0.25, 0.3) is 0 Å². The third-order valence-electron chi connectivity index (χ3n) is 0.966. The summed E-state index contributed by atoms with van der Waals surface area (Å²) in [6.45, 7) is 3.54. The monoisotopic (exact) mass is 162 g/mol. The Morgan fingerprint density at radius 2 is 2.20 bits per heavy atom. The number of hydrogen-bond donors (Lipinski definition) is 1. The molecule has 0 aromatic carbocycles. The maximum atomic E-state index is 10.7. The van der Waals surface area contributed by atoms with Crippen LogP contribution < -0.4 is 0 Å². The molecule has 3 nitrogen and oxygen atoms in total. The molecule has 0 spiro atoms. The van der Waals surface area contributed by atoms with Gasteiger partial charge < -0.3 is 9.84 Å². The van der Waals surface area contributed by atoms with Crippen molar-refractivity contribution in [3.05, 3.63) is 11.1 Å². The first-order valence-electron chi connectivity index (χ1n) is 2.92. The second-order valence-electron chi connectivity index (χ2n) is 1.73. The summed E-state index contributed by atoms with van der Waals surface area (Å²) in [5.41, 5.74) is 0.158. The first-order chi connectivity index (χ1) is 4.59. The Hall–Kier alpha value is -0.560. The van der Waals surface area contributed by atoms with Gasteiger partial charge in [0.05, 0.1) is 12.2 Å². The van der Waals surface area contributed by atoms with Gasteiger partial charge in [0.2, 0.25) is 0 Å². The summed E-state index contributed by atoms with van der Waals surface area (Å²) < 4.78 is 4.59. The van der Waals surface area contributed by atoms with Crippen LogP contribution in [-0.2, 0) is 9.53 Å². The van der Waals surface area contributed by atoms with Gasteiger partial charge in [-0.1, -0.05) is 9.24 Å². The standard InChI is InChI=1S/C6H11O3P/c1-3-9-5(7)4(2)6(8)10/h8H,3,10H2,1-2H3. The van der Waals surface area contributed by atoms with Crippen LogP contribution in [0.3, 0.4) is 0 Å². The van der Waals surface area contributed by atoms with Crippen molar-refractivity contribution >= 4 is 15.2 Å². The minimum absolute atomic E-state index is 0.0709. The van der Waals surface area contributed by atoms with Crippen LogP contribution >= 0.6 is 9.24 Å². The van der Waals surface area contributed by atoms with E-state index in [4.69, 9.17) is 5.11 Å². The fourth-order valence-electron chi connectivity index (χ4n) is 0.344. The Kier molecular flexibility index (Phi) is 4.05. The molecule has 0 aliphatic carbocycles. The van der Waals surface area contributed by atoms with Gasteiger partial charge in [-0.3, -0.25) is 0 Å². The molecule has 0 saturated heterocycles. The number of hydrogen-bond acceptors (Lipinski definition) is 3. The summed E-state index contributed by atoms with van der Waals surface area (Å²) in [7, 11) is 2.03. The minimum Gasteiger partial charge on any atom is -0.508 e. The maximum Gasteiger partial charge on any atom is 0.337 e. The van der Waals surface area contributed by atoms with E-state index < -0.39 is 5.97 Å². The predicted octanol–water partition coefficient (Wildman–Crippen LogP) is 1.21. The highest BCUT2D eigenvalue weighted by atomic mass is 31.0. The summed E-state index contributed by atoms with van der Waals surface area (Å²) in [5.74, 6) is -0.477.